The van der Waals surface area contributed by atoms with Gasteiger partial charge in [-0.25, -0.2) is 0 Å². The van der Waals surface area contributed by atoms with Gasteiger partial charge in [0.2, 0.25) is 5.91 Å². The molecular formula is C14H26N2O2. The van der Waals surface area contributed by atoms with E-state index in [1.54, 1.807) is 0 Å². The second-order valence-electron chi connectivity index (χ2n) is 6.27. The van der Waals surface area contributed by atoms with Gasteiger partial charge in [0.25, 0.3) is 0 Å². The van der Waals surface area contributed by atoms with Gasteiger partial charge in [-0.15, -0.1) is 0 Å². The Labute approximate surface area is 110 Å². The summed E-state index contributed by atoms with van der Waals surface area (Å²) in [7, 11) is 1.89. The van der Waals surface area contributed by atoms with Crippen molar-refractivity contribution >= 4 is 5.91 Å². The first-order chi connectivity index (χ1) is 8.49. The molecule has 4 heteroatoms. The van der Waals surface area contributed by atoms with E-state index in [2.05, 4.69) is 6.92 Å². The molecule has 1 amide bonds. The van der Waals surface area contributed by atoms with Crippen molar-refractivity contribution in [3.63, 3.8) is 0 Å². The predicted octanol–water partition coefficient (Wildman–Crippen LogP) is 0.979. The minimum absolute atomic E-state index is 0.101. The van der Waals surface area contributed by atoms with E-state index >= 15 is 0 Å². The van der Waals surface area contributed by atoms with Crippen LogP contribution in [0.2, 0.25) is 0 Å². The Bertz CT molecular complexity index is 302. The van der Waals surface area contributed by atoms with E-state index in [1.807, 2.05) is 11.9 Å². The molecule has 18 heavy (non-hydrogen) atoms. The third-order valence-corrected chi connectivity index (χ3v) is 4.80. The summed E-state index contributed by atoms with van der Waals surface area (Å²) in [5.74, 6) is 1.13. The molecule has 3 atom stereocenters. The van der Waals surface area contributed by atoms with Crippen molar-refractivity contribution in [3.05, 3.63) is 0 Å². The van der Waals surface area contributed by atoms with Crippen LogP contribution < -0.4 is 5.73 Å². The number of aliphatic hydroxyl groups is 1. The number of carbonyl (C=O) groups is 1. The molecule has 3 unspecified atom stereocenters. The van der Waals surface area contributed by atoms with Crippen molar-refractivity contribution in [3.8, 4) is 0 Å². The zero-order chi connectivity index (χ0) is 13.3. The fraction of sp³-hybridized carbons (Fsp3) is 0.929. The lowest BCUT2D eigenvalue weighted by atomic mass is 9.76. The lowest BCUT2D eigenvalue weighted by Crippen LogP contribution is -2.47. The quantitative estimate of drug-likeness (QED) is 0.789. The number of amides is 1. The molecular weight excluding hydrogens is 228 g/mol. The first kappa shape index (κ1) is 13.8. The van der Waals surface area contributed by atoms with Gasteiger partial charge in [0.1, 0.15) is 0 Å². The van der Waals surface area contributed by atoms with E-state index in [0.29, 0.717) is 11.8 Å². The van der Waals surface area contributed by atoms with E-state index in [4.69, 9.17) is 5.73 Å². The number of rotatable bonds is 3. The molecule has 2 saturated carbocycles. The minimum atomic E-state index is -0.138. The van der Waals surface area contributed by atoms with E-state index in [1.165, 1.54) is 0 Å². The van der Waals surface area contributed by atoms with Gasteiger partial charge in [-0.2, -0.15) is 0 Å². The van der Waals surface area contributed by atoms with Crippen molar-refractivity contribution in [2.45, 2.75) is 51.2 Å². The molecule has 0 aromatic rings. The van der Waals surface area contributed by atoms with Crippen LogP contribution in [0.1, 0.15) is 39.0 Å². The summed E-state index contributed by atoms with van der Waals surface area (Å²) in [6.45, 7) is 2.89. The molecule has 0 aromatic carbocycles. The van der Waals surface area contributed by atoms with E-state index in [9.17, 15) is 9.90 Å². The molecule has 0 aromatic heterocycles. The molecule has 0 aliphatic heterocycles. The molecule has 0 radical (unpaired) electrons. The van der Waals surface area contributed by atoms with Crippen LogP contribution in [0.15, 0.2) is 0 Å². The molecule has 0 bridgehead atoms. The Balaban J connectivity index is 1.85. The highest BCUT2D eigenvalue weighted by Gasteiger charge is 2.36. The van der Waals surface area contributed by atoms with Gasteiger partial charge in [-0.1, -0.05) is 13.3 Å². The van der Waals surface area contributed by atoms with E-state index in [0.717, 1.165) is 38.6 Å². The number of aliphatic hydroxyl groups excluding tert-OH is 1. The maximum Gasteiger partial charge on any atom is 0.225 e. The fourth-order valence-corrected chi connectivity index (χ4v) is 3.36. The summed E-state index contributed by atoms with van der Waals surface area (Å²) in [6.07, 6.45) is 4.64. The highest BCUT2D eigenvalue weighted by molar-refractivity contribution is 5.79. The largest absolute Gasteiger partial charge is 0.393 e. The lowest BCUT2D eigenvalue weighted by Gasteiger charge is -2.38. The fourth-order valence-electron chi connectivity index (χ4n) is 3.36. The Hall–Kier alpha value is -0.610. The SMILES string of the molecule is CC1C(N)CCCC1C(=O)N(C)CC1CC(O)C1. The highest BCUT2D eigenvalue weighted by atomic mass is 16.3. The second kappa shape index (κ2) is 5.57. The summed E-state index contributed by atoms with van der Waals surface area (Å²) < 4.78 is 0. The molecule has 3 N–H and O–H groups in total. The topological polar surface area (TPSA) is 66.6 Å². The summed E-state index contributed by atoms with van der Waals surface area (Å²) in [5.41, 5.74) is 6.06. The molecule has 2 aliphatic rings. The Morgan fingerprint density at radius 1 is 1.39 bits per heavy atom. The average Bonchev–Trinajstić information content (AvgIpc) is 2.30. The van der Waals surface area contributed by atoms with Crippen molar-refractivity contribution in [1.29, 1.82) is 0 Å². The van der Waals surface area contributed by atoms with Crippen LogP contribution in [0.4, 0.5) is 0 Å². The number of nitrogens with zero attached hydrogens (tertiary/aromatic N) is 1. The summed E-state index contributed by atoms with van der Waals surface area (Å²) in [5, 5.41) is 9.28. The third-order valence-electron chi connectivity index (χ3n) is 4.80. The summed E-state index contributed by atoms with van der Waals surface area (Å²) >= 11 is 0. The number of hydrogen-bond donors (Lipinski definition) is 2. The Morgan fingerprint density at radius 3 is 2.67 bits per heavy atom. The van der Waals surface area contributed by atoms with Crippen LogP contribution in [-0.2, 0) is 4.79 Å². The van der Waals surface area contributed by atoms with Gasteiger partial charge in [0.05, 0.1) is 6.10 Å². The molecule has 2 aliphatic carbocycles. The molecule has 4 nitrogen and oxygen atoms in total. The average molecular weight is 254 g/mol. The predicted molar refractivity (Wildman–Crippen MR) is 70.8 cm³/mol. The number of hydrogen-bond acceptors (Lipinski definition) is 3. The highest BCUT2D eigenvalue weighted by Crippen LogP contribution is 2.32. The molecule has 0 saturated heterocycles. The first-order valence-electron chi connectivity index (χ1n) is 7.17. The summed E-state index contributed by atoms with van der Waals surface area (Å²) in [6, 6.07) is 0.173. The summed E-state index contributed by atoms with van der Waals surface area (Å²) in [4.78, 5) is 14.3. The van der Waals surface area contributed by atoms with Gasteiger partial charge in [0, 0.05) is 25.6 Å². The molecule has 0 spiro atoms. The molecule has 0 heterocycles. The minimum Gasteiger partial charge on any atom is -0.393 e. The van der Waals surface area contributed by atoms with Crippen molar-refractivity contribution in [2.24, 2.45) is 23.5 Å². The molecule has 2 rings (SSSR count). The van der Waals surface area contributed by atoms with Gasteiger partial charge in [0.15, 0.2) is 0 Å². The molecule has 2 fully saturated rings. The molecule has 104 valence electrons. The van der Waals surface area contributed by atoms with Crippen LogP contribution in [0, 0.1) is 17.8 Å². The van der Waals surface area contributed by atoms with Crippen molar-refractivity contribution in [2.75, 3.05) is 13.6 Å². The number of carbonyl (C=O) groups excluding carboxylic acids is 1. The van der Waals surface area contributed by atoms with Crippen LogP contribution >= 0.6 is 0 Å². The van der Waals surface area contributed by atoms with Gasteiger partial charge in [-0.05, 0) is 37.5 Å². The Morgan fingerprint density at radius 2 is 2.06 bits per heavy atom. The third kappa shape index (κ3) is 2.86. The zero-order valence-corrected chi connectivity index (χ0v) is 11.5. The van der Waals surface area contributed by atoms with Crippen LogP contribution in [0.5, 0.6) is 0 Å². The Kier molecular flexibility index (Phi) is 4.28. The monoisotopic (exact) mass is 254 g/mol. The van der Waals surface area contributed by atoms with E-state index < -0.39 is 0 Å². The second-order valence-corrected chi connectivity index (χ2v) is 6.27. The smallest absolute Gasteiger partial charge is 0.225 e. The van der Waals surface area contributed by atoms with Crippen LogP contribution in [0.25, 0.3) is 0 Å². The maximum absolute atomic E-state index is 12.4. The number of nitrogens with two attached hydrogens (primary N) is 1. The first-order valence-corrected chi connectivity index (χ1v) is 7.17. The van der Waals surface area contributed by atoms with Crippen molar-refractivity contribution < 1.29 is 9.90 Å². The normalized spacial score (nSPS) is 40.1. The van der Waals surface area contributed by atoms with Gasteiger partial charge < -0.3 is 15.7 Å². The standard InChI is InChI=1S/C14H26N2O2/c1-9-12(4-3-5-13(9)15)14(18)16(2)8-10-6-11(17)7-10/h9-13,17H,3-8,15H2,1-2H3. The van der Waals surface area contributed by atoms with E-state index in [-0.39, 0.29) is 24.0 Å². The van der Waals surface area contributed by atoms with Gasteiger partial charge >= 0.3 is 0 Å². The van der Waals surface area contributed by atoms with Crippen LogP contribution in [0.3, 0.4) is 0 Å². The zero-order valence-electron chi connectivity index (χ0n) is 11.5. The lowest BCUT2D eigenvalue weighted by molar-refractivity contribution is -0.138. The van der Waals surface area contributed by atoms with Gasteiger partial charge in [-0.3, -0.25) is 4.79 Å². The van der Waals surface area contributed by atoms with Crippen LogP contribution in [-0.4, -0.2) is 41.7 Å². The van der Waals surface area contributed by atoms with Crippen molar-refractivity contribution in [1.82, 2.24) is 4.90 Å². The maximum atomic E-state index is 12.4.